The largest absolute Gasteiger partial charge is 0.453 e. The third-order valence-corrected chi connectivity index (χ3v) is 5.46. The molecule has 1 atom stereocenters. The highest BCUT2D eigenvalue weighted by Gasteiger charge is 2.27. The van der Waals surface area contributed by atoms with Crippen LogP contribution in [0.15, 0.2) is 59.1 Å². The Morgan fingerprint density at radius 2 is 1.83 bits per heavy atom. The fourth-order valence-corrected chi connectivity index (χ4v) is 3.64. The van der Waals surface area contributed by atoms with Crippen LogP contribution in [0.2, 0.25) is 0 Å². The van der Waals surface area contributed by atoms with E-state index >= 15 is 0 Å². The Morgan fingerprint density at radius 1 is 1.04 bits per heavy atom. The van der Waals surface area contributed by atoms with Gasteiger partial charge in [-0.25, -0.2) is 9.97 Å². The molecule has 0 amide bonds. The molecule has 24 heavy (non-hydrogen) atoms. The molecule has 2 heterocycles. The number of hydrogen-bond acceptors (Lipinski definition) is 3. The third-order valence-electron chi connectivity index (χ3n) is 4.94. The van der Waals surface area contributed by atoms with Gasteiger partial charge in [-0.2, -0.15) is 0 Å². The van der Waals surface area contributed by atoms with Crippen LogP contribution in [-0.4, -0.2) is 9.97 Å². The van der Waals surface area contributed by atoms with E-state index in [1.807, 2.05) is 0 Å². The van der Waals surface area contributed by atoms with Crippen molar-refractivity contribution in [2.24, 2.45) is 0 Å². The molecule has 1 unspecified atom stereocenters. The summed E-state index contributed by atoms with van der Waals surface area (Å²) in [5, 5.41) is 1.05. The summed E-state index contributed by atoms with van der Waals surface area (Å²) in [5.41, 5.74) is 5.04. The number of aromatic nitrogens is 2. The zero-order chi connectivity index (χ0) is 16.7. The standard InChI is InChI=1S/C20H17IN2O/c1-3-20(2,13-7-5-4-6-8-13)14-9-10-16-15(11-14)18-17(24-16)12-22-19(21)23-18/h4-12H,3H2,1-2H3. The van der Waals surface area contributed by atoms with Crippen molar-refractivity contribution in [2.45, 2.75) is 25.7 Å². The van der Waals surface area contributed by atoms with Crippen molar-refractivity contribution in [3.8, 4) is 0 Å². The summed E-state index contributed by atoms with van der Waals surface area (Å²) in [6.07, 6.45) is 2.77. The van der Waals surface area contributed by atoms with E-state index in [4.69, 9.17) is 4.42 Å². The van der Waals surface area contributed by atoms with E-state index in [9.17, 15) is 0 Å². The second-order valence-electron chi connectivity index (χ2n) is 6.22. The minimum absolute atomic E-state index is 0.0424. The summed E-state index contributed by atoms with van der Waals surface area (Å²) in [6, 6.07) is 17.1. The Hall–Kier alpha value is -1.95. The highest BCUT2D eigenvalue weighted by atomic mass is 127. The van der Waals surface area contributed by atoms with Gasteiger partial charge in [0.2, 0.25) is 0 Å². The van der Waals surface area contributed by atoms with Gasteiger partial charge in [-0.05, 0) is 29.7 Å². The Balaban J connectivity index is 1.96. The van der Waals surface area contributed by atoms with Gasteiger partial charge in [-0.3, -0.25) is 0 Å². The first-order valence-electron chi connectivity index (χ1n) is 8.02. The number of furan rings is 1. The normalized spacial score (nSPS) is 14.1. The quantitative estimate of drug-likeness (QED) is 0.311. The fraction of sp³-hybridized carbons (Fsp3) is 0.200. The smallest absolute Gasteiger partial charge is 0.191 e. The first-order chi connectivity index (χ1) is 11.6. The summed E-state index contributed by atoms with van der Waals surface area (Å²) in [5.74, 6) is 0. The molecular weight excluding hydrogens is 411 g/mol. The van der Waals surface area contributed by atoms with Crippen LogP contribution in [0.4, 0.5) is 0 Å². The van der Waals surface area contributed by atoms with E-state index in [1.54, 1.807) is 6.20 Å². The summed E-state index contributed by atoms with van der Waals surface area (Å²) in [7, 11) is 0. The highest BCUT2D eigenvalue weighted by molar-refractivity contribution is 14.1. The van der Waals surface area contributed by atoms with Gasteiger partial charge in [-0.1, -0.05) is 50.2 Å². The third kappa shape index (κ3) is 2.40. The maximum Gasteiger partial charge on any atom is 0.191 e. The first kappa shape index (κ1) is 15.6. The lowest BCUT2D eigenvalue weighted by Crippen LogP contribution is -2.22. The van der Waals surface area contributed by atoms with E-state index in [2.05, 4.69) is 94.9 Å². The molecule has 4 rings (SSSR count). The highest BCUT2D eigenvalue weighted by Crippen LogP contribution is 2.38. The number of nitrogens with zero attached hydrogens (tertiary/aromatic N) is 2. The molecular formula is C20H17IN2O. The van der Waals surface area contributed by atoms with Crippen molar-refractivity contribution in [1.29, 1.82) is 0 Å². The predicted octanol–water partition coefficient (Wildman–Crippen LogP) is 5.70. The lowest BCUT2D eigenvalue weighted by molar-refractivity contribution is 0.550. The van der Waals surface area contributed by atoms with Gasteiger partial charge in [0.05, 0.1) is 6.20 Å². The van der Waals surface area contributed by atoms with Crippen LogP contribution in [0.1, 0.15) is 31.4 Å². The average molecular weight is 428 g/mol. The topological polar surface area (TPSA) is 38.9 Å². The summed E-state index contributed by atoms with van der Waals surface area (Å²) < 4.78 is 6.62. The van der Waals surface area contributed by atoms with Crippen molar-refractivity contribution in [1.82, 2.24) is 9.97 Å². The molecule has 2 aromatic heterocycles. The molecule has 2 aromatic carbocycles. The Labute approximate surface area is 154 Å². The Morgan fingerprint density at radius 3 is 2.58 bits per heavy atom. The molecule has 0 aliphatic heterocycles. The van der Waals surface area contributed by atoms with Gasteiger partial charge in [0.15, 0.2) is 9.41 Å². The molecule has 0 spiro atoms. The number of rotatable bonds is 3. The molecule has 0 radical (unpaired) electrons. The molecule has 3 nitrogen and oxygen atoms in total. The predicted molar refractivity (Wildman–Crippen MR) is 105 cm³/mol. The molecule has 0 saturated heterocycles. The molecule has 4 aromatic rings. The van der Waals surface area contributed by atoms with Crippen molar-refractivity contribution in [2.75, 3.05) is 0 Å². The molecule has 0 N–H and O–H groups in total. The second kappa shape index (κ2) is 5.84. The summed E-state index contributed by atoms with van der Waals surface area (Å²) in [6.45, 7) is 4.53. The number of fused-ring (bicyclic) bond motifs is 3. The zero-order valence-corrected chi connectivity index (χ0v) is 15.7. The molecule has 0 aliphatic carbocycles. The number of benzene rings is 2. The Bertz CT molecular complexity index is 1030. The van der Waals surface area contributed by atoms with E-state index in [0.29, 0.717) is 0 Å². The average Bonchev–Trinajstić information content (AvgIpc) is 2.99. The van der Waals surface area contributed by atoms with E-state index in [0.717, 1.165) is 32.3 Å². The minimum atomic E-state index is -0.0424. The van der Waals surface area contributed by atoms with E-state index in [1.165, 1.54) is 11.1 Å². The van der Waals surface area contributed by atoms with E-state index in [-0.39, 0.29) is 5.41 Å². The van der Waals surface area contributed by atoms with Crippen molar-refractivity contribution < 1.29 is 4.42 Å². The maximum absolute atomic E-state index is 5.89. The van der Waals surface area contributed by atoms with Crippen LogP contribution >= 0.6 is 22.6 Å². The number of halogens is 1. The van der Waals surface area contributed by atoms with Crippen molar-refractivity contribution in [3.05, 3.63) is 69.7 Å². The monoisotopic (exact) mass is 428 g/mol. The number of hydrogen-bond donors (Lipinski definition) is 0. The lowest BCUT2D eigenvalue weighted by Gasteiger charge is -2.29. The van der Waals surface area contributed by atoms with Crippen molar-refractivity contribution in [3.63, 3.8) is 0 Å². The van der Waals surface area contributed by atoms with Gasteiger partial charge in [0, 0.05) is 33.4 Å². The van der Waals surface area contributed by atoms with Gasteiger partial charge in [0.1, 0.15) is 11.1 Å². The molecule has 0 fully saturated rings. The Kier molecular flexibility index (Phi) is 3.79. The van der Waals surface area contributed by atoms with Crippen LogP contribution in [0.5, 0.6) is 0 Å². The van der Waals surface area contributed by atoms with Crippen LogP contribution in [0.25, 0.3) is 22.1 Å². The first-order valence-corrected chi connectivity index (χ1v) is 9.10. The fourth-order valence-electron chi connectivity index (χ4n) is 3.26. The van der Waals surface area contributed by atoms with Crippen molar-refractivity contribution >= 4 is 44.7 Å². The molecule has 0 bridgehead atoms. The van der Waals surface area contributed by atoms with Crippen LogP contribution in [0, 0.1) is 3.83 Å². The SMILES string of the molecule is CCC(C)(c1ccccc1)c1ccc2oc3cnc(I)nc3c2c1. The molecule has 0 aliphatic rings. The minimum Gasteiger partial charge on any atom is -0.453 e. The van der Waals surface area contributed by atoms with Crippen LogP contribution < -0.4 is 0 Å². The molecule has 4 heteroatoms. The summed E-state index contributed by atoms with van der Waals surface area (Å²) >= 11 is 2.14. The van der Waals surface area contributed by atoms with Gasteiger partial charge in [0.25, 0.3) is 0 Å². The molecule has 120 valence electrons. The lowest BCUT2D eigenvalue weighted by atomic mass is 9.74. The zero-order valence-electron chi connectivity index (χ0n) is 13.6. The molecule has 0 saturated carbocycles. The summed E-state index contributed by atoms with van der Waals surface area (Å²) in [4.78, 5) is 8.79. The van der Waals surface area contributed by atoms with Gasteiger partial charge in [-0.15, -0.1) is 0 Å². The maximum atomic E-state index is 5.89. The van der Waals surface area contributed by atoms with Gasteiger partial charge >= 0.3 is 0 Å². The van der Waals surface area contributed by atoms with Crippen LogP contribution in [0.3, 0.4) is 0 Å². The second-order valence-corrected chi connectivity index (χ2v) is 7.18. The van der Waals surface area contributed by atoms with Gasteiger partial charge < -0.3 is 4.42 Å². The van der Waals surface area contributed by atoms with E-state index < -0.39 is 0 Å². The van der Waals surface area contributed by atoms with Crippen LogP contribution in [-0.2, 0) is 5.41 Å².